The van der Waals surface area contributed by atoms with Crippen molar-refractivity contribution in [2.75, 3.05) is 0 Å². The molecule has 0 saturated heterocycles. The fourth-order valence-electron chi connectivity index (χ4n) is 0.551. The van der Waals surface area contributed by atoms with Crippen molar-refractivity contribution in [3.05, 3.63) is 18.0 Å². The minimum absolute atomic E-state index is 0.937. The lowest BCUT2D eigenvalue weighted by Gasteiger charge is -1.86. The van der Waals surface area contributed by atoms with Crippen molar-refractivity contribution >= 4 is 12.1 Å². The molecule has 0 aromatic heterocycles. The van der Waals surface area contributed by atoms with E-state index in [0.29, 0.717) is 0 Å². The van der Waals surface area contributed by atoms with Crippen molar-refractivity contribution in [2.45, 2.75) is 13.3 Å². The van der Waals surface area contributed by atoms with Crippen LogP contribution < -0.4 is 0 Å². The van der Waals surface area contributed by atoms with Gasteiger partial charge in [0.2, 0.25) is 0 Å². The van der Waals surface area contributed by atoms with Crippen LogP contribution >= 0.6 is 0 Å². The summed E-state index contributed by atoms with van der Waals surface area (Å²) in [5.74, 6) is 2.68. The topological polar surface area (TPSA) is 24.7 Å². The fourth-order valence-corrected chi connectivity index (χ4v) is 0.551. The van der Waals surface area contributed by atoms with Gasteiger partial charge >= 0.3 is 0 Å². The first-order valence-corrected chi connectivity index (χ1v) is 2.93. The van der Waals surface area contributed by atoms with Crippen molar-refractivity contribution in [1.82, 2.24) is 0 Å². The second-order valence-corrected chi connectivity index (χ2v) is 1.68. The molecule has 0 amide bonds. The maximum Gasteiger partial charge on any atom is 0.0881 e. The maximum absolute atomic E-state index is 3.97. The second-order valence-electron chi connectivity index (χ2n) is 1.68. The van der Waals surface area contributed by atoms with E-state index in [9.17, 15) is 0 Å². The summed E-state index contributed by atoms with van der Waals surface area (Å²) >= 11 is 0. The van der Waals surface area contributed by atoms with Gasteiger partial charge in [-0.3, -0.25) is 4.99 Å². The molecule has 0 spiro atoms. The Morgan fingerprint density at radius 3 is 3.33 bits per heavy atom. The number of hydrogen-bond acceptors (Lipinski definition) is 2. The van der Waals surface area contributed by atoms with Crippen molar-refractivity contribution in [3.63, 3.8) is 0 Å². The molecule has 0 aliphatic carbocycles. The lowest BCUT2D eigenvalue weighted by Crippen LogP contribution is -1.72. The van der Waals surface area contributed by atoms with E-state index in [1.165, 1.54) is 0 Å². The van der Waals surface area contributed by atoms with Gasteiger partial charge in [-0.2, -0.15) is 0 Å². The number of aliphatic imine (C=N–C) groups is 2. The van der Waals surface area contributed by atoms with Crippen LogP contribution in [-0.2, 0) is 0 Å². The zero-order valence-corrected chi connectivity index (χ0v) is 5.33. The smallest absolute Gasteiger partial charge is 0.0881 e. The summed E-state index contributed by atoms with van der Waals surface area (Å²) < 4.78 is 0. The molecule has 0 N–H and O–H groups in total. The maximum atomic E-state index is 3.97. The normalized spacial score (nSPS) is 15.4. The standard InChI is InChI=1S/C7H8N2/c1-2-7-3-4-8-5-6-9-7/h3-5H,2H2,1H3. The Morgan fingerprint density at radius 1 is 1.67 bits per heavy atom. The summed E-state index contributed by atoms with van der Waals surface area (Å²) in [4.78, 5) is 7.81. The van der Waals surface area contributed by atoms with Crippen LogP contribution in [-0.4, -0.2) is 12.1 Å². The number of rotatable bonds is 1. The highest BCUT2D eigenvalue weighted by Crippen LogP contribution is 1.99. The van der Waals surface area contributed by atoms with Crippen LogP contribution in [0.5, 0.6) is 0 Å². The van der Waals surface area contributed by atoms with Gasteiger partial charge in [-0.1, -0.05) is 6.92 Å². The van der Waals surface area contributed by atoms with Crippen molar-refractivity contribution < 1.29 is 0 Å². The van der Waals surface area contributed by atoms with Gasteiger partial charge < -0.3 is 0 Å². The second kappa shape index (κ2) is 3.00. The van der Waals surface area contributed by atoms with Gasteiger partial charge in [-0.05, 0) is 12.5 Å². The van der Waals surface area contributed by atoms with Crippen molar-refractivity contribution in [2.24, 2.45) is 9.98 Å². The van der Waals surface area contributed by atoms with Gasteiger partial charge in [-0.15, -0.1) is 0 Å². The molecule has 0 fully saturated rings. The van der Waals surface area contributed by atoms with E-state index in [4.69, 9.17) is 0 Å². The predicted molar refractivity (Wildman–Crippen MR) is 38.9 cm³/mol. The molecule has 0 saturated carbocycles. The Kier molecular flexibility index (Phi) is 2.00. The first-order valence-electron chi connectivity index (χ1n) is 2.93. The molecule has 0 radical (unpaired) electrons. The van der Waals surface area contributed by atoms with Crippen LogP contribution in [0.3, 0.4) is 0 Å². The highest BCUT2D eigenvalue weighted by atomic mass is 14.8. The van der Waals surface area contributed by atoms with Gasteiger partial charge in [0.15, 0.2) is 0 Å². The molecule has 0 unspecified atom stereocenters. The molecule has 9 heavy (non-hydrogen) atoms. The quantitative estimate of drug-likeness (QED) is 0.501. The monoisotopic (exact) mass is 120 g/mol. The minimum Gasteiger partial charge on any atom is -0.255 e. The van der Waals surface area contributed by atoms with Crippen LogP contribution in [0.2, 0.25) is 0 Å². The molecule has 0 aromatic rings. The van der Waals surface area contributed by atoms with E-state index in [1.54, 1.807) is 12.4 Å². The first kappa shape index (κ1) is 5.99. The molecule has 1 rings (SSSR count). The number of allylic oxidation sites excluding steroid dienone is 2. The molecular weight excluding hydrogens is 112 g/mol. The Bertz CT molecular complexity index is 205. The largest absolute Gasteiger partial charge is 0.255 e. The molecule has 0 bridgehead atoms. The van der Waals surface area contributed by atoms with Crippen LogP contribution in [0.15, 0.2) is 28.0 Å². The summed E-state index contributed by atoms with van der Waals surface area (Å²) in [5, 5.41) is 0. The van der Waals surface area contributed by atoms with Crippen LogP contribution in [0.1, 0.15) is 13.3 Å². The van der Waals surface area contributed by atoms with E-state index in [0.717, 1.165) is 12.1 Å². The number of hydrogen-bond donors (Lipinski definition) is 0. The summed E-state index contributed by atoms with van der Waals surface area (Å²) in [6, 6.07) is 0. The highest BCUT2D eigenvalue weighted by Gasteiger charge is 1.85. The predicted octanol–water partition coefficient (Wildman–Crippen LogP) is 1.55. The van der Waals surface area contributed by atoms with E-state index < -0.39 is 0 Å². The number of nitrogens with zero attached hydrogens (tertiary/aromatic N) is 2. The molecule has 1 aliphatic rings. The van der Waals surface area contributed by atoms with Gasteiger partial charge in [0.05, 0.1) is 11.9 Å². The Hall–Kier alpha value is -1.14. The van der Waals surface area contributed by atoms with E-state index in [2.05, 4.69) is 22.8 Å². The lowest BCUT2D eigenvalue weighted by atomic mass is 10.3. The Labute approximate surface area is 54.3 Å². The summed E-state index contributed by atoms with van der Waals surface area (Å²) in [6.45, 7) is 2.05. The SMILES string of the molecule is CCC1=CC=NC=C=N1. The molecule has 46 valence electrons. The lowest BCUT2D eigenvalue weighted by molar-refractivity contribution is 1.08. The Balaban J connectivity index is 2.82. The summed E-state index contributed by atoms with van der Waals surface area (Å²) in [6.07, 6.45) is 6.10. The van der Waals surface area contributed by atoms with Gasteiger partial charge in [-0.25, -0.2) is 4.99 Å². The third-order valence-electron chi connectivity index (χ3n) is 1.06. The van der Waals surface area contributed by atoms with Crippen LogP contribution in [0.25, 0.3) is 0 Å². The molecule has 0 atom stereocenters. The molecule has 0 aromatic carbocycles. The van der Waals surface area contributed by atoms with E-state index >= 15 is 0 Å². The third kappa shape index (κ3) is 1.67. The van der Waals surface area contributed by atoms with E-state index in [1.807, 2.05) is 6.08 Å². The van der Waals surface area contributed by atoms with E-state index in [-0.39, 0.29) is 0 Å². The molecule has 2 nitrogen and oxygen atoms in total. The van der Waals surface area contributed by atoms with Gasteiger partial charge in [0.25, 0.3) is 0 Å². The molecule has 1 heterocycles. The zero-order valence-electron chi connectivity index (χ0n) is 5.33. The average molecular weight is 120 g/mol. The fraction of sp³-hybridized carbons (Fsp3) is 0.286. The third-order valence-corrected chi connectivity index (χ3v) is 1.06. The zero-order chi connectivity index (χ0) is 6.53. The highest BCUT2D eigenvalue weighted by molar-refractivity contribution is 5.76. The summed E-state index contributed by atoms with van der Waals surface area (Å²) in [7, 11) is 0. The van der Waals surface area contributed by atoms with Crippen molar-refractivity contribution in [3.8, 4) is 0 Å². The molecular formula is C7H8N2. The molecule has 2 heteroatoms. The van der Waals surface area contributed by atoms with Crippen LogP contribution in [0, 0.1) is 0 Å². The summed E-state index contributed by atoms with van der Waals surface area (Å²) in [5.41, 5.74) is 1.02. The first-order chi connectivity index (χ1) is 4.43. The average Bonchev–Trinajstić information content (AvgIpc) is 2.13. The van der Waals surface area contributed by atoms with Gasteiger partial charge in [0.1, 0.15) is 0 Å². The molecule has 1 aliphatic heterocycles. The Morgan fingerprint density at radius 2 is 2.56 bits per heavy atom. The van der Waals surface area contributed by atoms with Crippen molar-refractivity contribution in [1.29, 1.82) is 0 Å². The van der Waals surface area contributed by atoms with Crippen LogP contribution in [0.4, 0.5) is 0 Å². The van der Waals surface area contributed by atoms with Gasteiger partial charge in [0, 0.05) is 12.1 Å². The minimum atomic E-state index is 0.937.